The molecule has 0 fully saturated rings. The van der Waals surface area contributed by atoms with Crippen LogP contribution >= 0.6 is 0 Å². The van der Waals surface area contributed by atoms with Gasteiger partial charge >= 0.3 is 0 Å². The molecule has 1 heterocycles. The maximum Gasteiger partial charge on any atom is 0.240 e. The number of aliphatic imine (C=N–C) groups is 1. The van der Waals surface area contributed by atoms with Gasteiger partial charge in [0.05, 0.1) is 4.90 Å². The Kier molecular flexibility index (Phi) is 6.95. The molecule has 0 saturated heterocycles. The Morgan fingerprint density at radius 3 is 2.48 bits per heavy atom. The first-order valence-electron chi connectivity index (χ1n) is 9.37. The van der Waals surface area contributed by atoms with Crippen molar-refractivity contribution in [2.75, 3.05) is 33.5 Å². The number of nitrogens with one attached hydrogen (secondary N) is 3. The van der Waals surface area contributed by atoms with Gasteiger partial charge in [0.1, 0.15) is 0 Å². The highest BCUT2D eigenvalue weighted by Crippen LogP contribution is 2.32. The number of rotatable bonds is 8. The normalized spacial score (nSPS) is 13.4. The van der Waals surface area contributed by atoms with Gasteiger partial charge in [0, 0.05) is 26.7 Å². The van der Waals surface area contributed by atoms with Gasteiger partial charge in [-0.1, -0.05) is 23.8 Å². The van der Waals surface area contributed by atoms with E-state index in [0.29, 0.717) is 19.0 Å². The van der Waals surface area contributed by atoms with E-state index in [2.05, 4.69) is 20.3 Å². The van der Waals surface area contributed by atoms with Crippen molar-refractivity contribution in [3.05, 3.63) is 53.6 Å². The molecule has 156 valence electrons. The van der Waals surface area contributed by atoms with Gasteiger partial charge in [-0.25, -0.2) is 13.1 Å². The lowest BCUT2D eigenvalue weighted by Gasteiger charge is -2.13. The Labute approximate surface area is 171 Å². The fourth-order valence-corrected chi connectivity index (χ4v) is 3.84. The van der Waals surface area contributed by atoms with Crippen molar-refractivity contribution >= 4 is 16.0 Å². The molecule has 29 heavy (non-hydrogen) atoms. The highest BCUT2D eigenvalue weighted by Gasteiger charge is 2.14. The quantitative estimate of drug-likeness (QED) is 0.340. The number of aryl methyl sites for hydroxylation is 1. The molecule has 2 aromatic rings. The molecule has 2 aromatic carbocycles. The molecule has 1 aliphatic heterocycles. The average molecular weight is 419 g/mol. The van der Waals surface area contributed by atoms with E-state index in [1.165, 1.54) is 0 Å². The molecule has 0 aliphatic carbocycles. The van der Waals surface area contributed by atoms with Crippen molar-refractivity contribution in [1.29, 1.82) is 0 Å². The van der Waals surface area contributed by atoms with Crippen LogP contribution in [0.15, 0.2) is 52.4 Å². The first-order chi connectivity index (χ1) is 14.0. The summed E-state index contributed by atoms with van der Waals surface area (Å²) in [6.07, 6.45) is 0.789. The van der Waals surface area contributed by atoms with Crippen molar-refractivity contribution < 1.29 is 17.9 Å². The van der Waals surface area contributed by atoms with Crippen LogP contribution in [0.25, 0.3) is 0 Å². The number of ether oxygens (including phenoxy) is 2. The lowest BCUT2D eigenvalue weighted by Crippen LogP contribution is -2.42. The second-order valence-electron chi connectivity index (χ2n) is 6.57. The summed E-state index contributed by atoms with van der Waals surface area (Å²) in [7, 11) is -1.84. The van der Waals surface area contributed by atoms with Gasteiger partial charge in [-0.05, 0) is 43.2 Å². The van der Waals surface area contributed by atoms with Crippen LogP contribution in [0, 0.1) is 6.92 Å². The van der Waals surface area contributed by atoms with Gasteiger partial charge in [0.2, 0.25) is 16.8 Å². The molecule has 0 amide bonds. The van der Waals surface area contributed by atoms with Gasteiger partial charge in [0.15, 0.2) is 17.5 Å². The van der Waals surface area contributed by atoms with Gasteiger partial charge in [-0.2, -0.15) is 0 Å². The summed E-state index contributed by atoms with van der Waals surface area (Å²) in [5.41, 5.74) is 2.14. The standard InChI is InChI=1S/C20H26N4O4S/c1-15-3-6-17(7-4-15)29(25,26)24-12-11-23-20(21-2)22-10-9-16-5-8-18-19(13-16)28-14-27-18/h3-8,13,24H,9-12,14H2,1-2H3,(H2,21,22,23). The van der Waals surface area contributed by atoms with Crippen LogP contribution in [0.5, 0.6) is 11.5 Å². The third-order valence-corrected chi connectivity index (χ3v) is 5.88. The largest absolute Gasteiger partial charge is 0.454 e. The minimum Gasteiger partial charge on any atom is -0.454 e. The van der Waals surface area contributed by atoms with Crippen LogP contribution in [-0.4, -0.2) is 47.9 Å². The van der Waals surface area contributed by atoms with Crippen LogP contribution in [0.4, 0.5) is 0 Å². The zero-order chi connectivity index (χ0) is 20.7. The lowest BCUT2D eigenvalue weighted by atomic mass is 10.1. The average Bonchev–Trinajstić information content (AvgIpc) is 3.18. The summed E-state index contributed by atoms with van der Waals surface area (Å²) in [5.74, 6) is 2.15. The van der Waals surface area contributed by atoms with Gasteiger partial charge < -0.3 is 20.1 Å². The molecule has 0 saturated carbocycles. The van der Waals surface area contributed by atoms with Crippen molar-refractivity contribution in [2.45, 2.75) is 18.2 Å². The first-order valence-corrected chi connectivity index (χ1v) is 10.9. The molecule has 0 unspecified atom stereocenters. The van der Waals surface area contributed by atoms with Crippen molar-refractivity contribution in [1.82, 2.24) is 15.4 Å². The maximum atomic E-state index is 12.3. The number of sulfonamides is 1. The van der Waals surface area contributed by atoms with Crippen LogP contribution < -0.4 is 24.8 Å². The van der Waals surface area contributed by atoms with E-state index in [4.69, 9.17) is 9.47 Å². The zero-order valence-electron chi connectivity index (χ0n) is 16.6. The Morgan fingerprint density at radius 2 is 1.72 bits per heavy atom. The maximum absolute atomic E-state index is 12.3. The van der Waals surface area contributed by atoms with Crippen molar-refractivity contribution in [2.24, 2.45) is 4.99 Å². The van der Waals surface area contributed by atoms with Gasteiger partial charge in [-0.3, -0.25) is 4.99 Å². The third-order valence-electron chi connectivity index (χ3n) is 4.41. The number of nitrogens with zero attached hydrogens (tertiary/aromatic N) is 1. The van der Waals surface area contributed by atoms with Crippen LogP contribution in [0.3, 0.4) is 0 Å². The molecule has 0 aromatic heterocycles. The summed E-state index contributed by atoms with van der Waals surface area (Å²) in [5, 5.41) is 6.31. The van der Waals surface area contributed by atoms with E-state index in [0.717, 1.165) is 29.0 Å². The SMILES string of the molecule is CN=C(NCCNS(=O)(=O)c1ccc(C)cc1)NCCc1ccc2c(c1)OCO2. The smallest absolute Gasteiger partial charge is 0.240 e. The van der Waals surface area contributed by atoms with Gasteiger partial charge in [0.25, 0.3) is 0 Å². The third kappa shape index (κ3) is 5.85. The molecule has 0 spiro atoms. The molecule has 3 N–H and O–H groups in total. The first kappa shape index (κ1) is 20.9. The van der Waals surface area contributed by atoms with Crippen LogP contribution in [0.1, 0.15) is 11.1 Å². The zero-order valence-corrected chi connectivity index (χ0v) is 17.4. The molecule has 8 nitrogen and oxygen atoms in total. The summed E-state index contributed by atoms with van der Waals surface area (Å²) in [6.45, 7) is 3.52. The lowest BCUT2D eigenvalue weighted by molar-refractivity contribution is 0.174. The number of guanidine groups is 1. The molecule has 0 bridgehead atoms. The summed E-state index contributed by atoms with van der Waals surface area (Å²) in [4.78, 5) is 4.41. The molecular formula is C20H26N4O4S. The van der Waals surface area contributed by atoms with Gasteiger partial charge in [-0.15, -0.1) is 0 Å². The number of hydrogen-bond acceptors (Lipinski definition) is 5. The van der Waals surface area contributed by atoms with Crippen molar-refractivity contribution in [3.8, 4) is 11.5 Å². The predicted octanol–water partition coefficient (Wildman–Crippen LogP) is 1.41. The van der Waals surface area contributed by atoms with Crippen molar-refractivity contribution in [3.63, 3.8) is 0 Å². The highest BCUT2D eigenvalue weighted by atomic mass is 32.2. The Bertz CT molecular complexity index is 959. The molecule has 0 atom stereocenters. The fourth-order valence-electron chi connectivity index (χ4n) is 2.81. The second kappa shape index (κ2) is 9.62. The summed E-state index contributed by atoms with van der Waals surface area (Å²) < 4.78 is 37.8. The minimum atomic E-state index is -3.51. The number of benzene rings is 2. The van der Waals surface area contributed by atoms with E-state index >= 15 is 0 Å². The second-order valence-corrected chi connectivity index (χ2v) is 8.34. The van der Waals surface area contributed by atoms with Crippen LogP contribution in [0.2, 0.25) is 0 Å². The highest BCUT2D eigenvalue weighted by molar-refractivity contribution is 7.89. The summed E-state index contributed by atoms with van der Waals surface area (Å²) >= 11 is 0. The molecule has 1 aliphatic rings. The fraction of sp³-hybridized carbons (Fsp3) is 0.350. The number of fused-ring (bicyclic) bond motifs is 1. The Hall–Kier alpha value is -2.78. The Morgan fingerprint density at radius 1 is 1.00 bits per heavy atom. The Balaban J connectivity index is 1.38. The van der Waals surface area contributed by atoms with E-state index in [9.17, 15) is 8.42 Å². The monoisotopic (exact) mass is 418 g/mol. The number of hydrogen-bond donors (Lipinski definition) is 3. The van der Waals surface area contributed by atoms with E-state index in [1.807, 2.05) is 25.1 Å². The summed E-state index contributed by atoms with van der Waals surface area (Å²) in [6, 6.07) is 12.6. The predicted molar refractivity (Wildman–Crippen MR) is 112 cm³/mol. The molecule has 3 rings (SSSR count). The van der Waals surface area contributed by atoms with E-state index in [1.54, 1.807) is 31.3 Å². The van der Waals surface area contributed by atoms with Crippen LogP contribution in [-0.2, 0) is 16.4 Å². The molecule has 9 heteroatoms. The molecular weight excluding hydrogens is 392 g/mol. The van der Waals surface area contributed by atoms with E-state index < -0.39 is 10.0 Å². The molecule has 0 radical (unpaired) electrons. The van der Waals surface area contributed by atoms with E-state index in [-0.39, 0.29) is 18.2 Å². The topological polar surface area (TPSA) is 101 Å². The minimum absolute atomic E-state index is 0.249.